The van der Waals surface area contributed by atoms with Crippen LogP contribution in [0.25, 0.3) is 5.57 Å². The molecule has 1 atom stereocenters. The normalized spacial score (nSPS) is 20.8. The smallest absolute Gasteiger partial charge is 0.409 e. The maximum Gasteiger partial charge on any atom is 0.409 e. The quantitative estimate of drug-likeness (QED) is 0.848. The lowest BCUT2D eigenvalue weighted by atomic mass is 9.94. The van der Waals surface area contributed by atoms with Gasteiger partial charge in [0.25, 0.3) is 0 Å². The summed E-state index contributed by atoms with van der Waals surface area (Å²) in [5, 5.41) is 0. The van der Waals surface area contributed by atoms with Crippen molar-refractivity contribution in [3.63, 3.8) is 0 Å². The van der Waals surface area contributed by atoms with Crippen molar-refractivity contribution in [3.05, 3.63) is 42.0 Å². The average Bonchev–Trinajstić information content (AvgIpc) is 2.68. The molecule has 2 aliphatic heterocycles. The van der Waals surface area contributed by atoms with Crippen LogP contribution in [0.3, 0.4) is 0 Å². The van der Waals surface area contributed by atoms with E-state index in [0.29, 0.717) is 26.2 Å². The van der Waals surface area contributed by atoms with Gasteiger partial charge in [0.15, 0.2) is 0 Å². The maximum absolute atomic E-state index is 12.8. The first-order valence-corrected chi connectivity index (χ1v) is 9.14. The van der Waals surface area contributed by atoms with Crippen LogP contribution in [0.15, 0.2) is 36.4 Å². The molecule has 5 heteroatoms. The highest BCUT2D eigenvalue weighted by atomic mass is 16.6. The number of carbonyl (C=O) groups is 2. The summed E-state index contributed by atoms with van der Waals surface area (Å²) in [6.07, 6.45) is 4.44. The number of amides is 2. The topological polar surface area (TPSA) is 49.9 Å². The van der Waals surface area contributed by atoms with Crippen LogP contribution in [0.1, 0.15) is 31.7 Å². The lowest BCUT2D eigenvalue weighted by Crippen LogP contribution is -2.47. The molecule has 1 aromatic carbocycles. The van der Waals surface area contributed by atoms with Gasteiger partial charge in [0.2, 0.25) is 5.91 Å². The Kier molecular flexibility index (Phi) is 5.74. The molecule has 25 heavy (non-hydrogen) atoms. The molecule has 0 aliphatic carbocycles. The van der Waals surface area contributed by atoms with E-state index in [2.05, 4.69) is 18.2 Å². The van der Waals surface area contributed by atoms with Crippen molar-refractivity contribution < 1.29 is 14.3 Å². The second kappa shape index (κ2) is 8.19. The second-order valence-corrected chi connectivity index (χ2v) is 6.61. The average molecular weight is 342 g/mol. The van der Waals surface area contributed by atoms with Gasteiger partial charge >= 0.3 is 6.09 Å². The molecule has 2 aliphatic rings. The highest BCUT2D eigenvalue weighted by Crippen LogP contribution is 2.25. The van der Waals surface area contributed by atoms with Crippen LogP contribution in [0.4, 0.5) is 4.79 Å². The summed E-state index contributed by atoms with van der Waals surface area (Å²) in [5.74, 6) is 0.0576. The zero-order valence-corrected chi connectivity index (χ0v) is 14.8. The summed E-state index contributed by atoms with van der Waals surface area (Å²) >= 11 is 0. The van der Waals surface area contributed by atoms with Crippen LogP contribution in [0.5, 0.6) is 0 Å². The van der Waals surface area contributed by atoms with E-state index in [4.69, 9.17) is 4.74 Å². The number of hydrogen-bond acceptors (Lipinski definition) is 3. The van der Waals surface area contributed by atoms with Gasteiger partial charge in [0.05, 0.1) is 12.5 Å². The number of likely N-dealkylation sites (tertiary alicyclic amines) is 1. The number of piperidine rings is 1. The Balaban J connectivity index is 1.58. The van der Waals surface area contributed by atoms with Crippen molar-refractivity contribution in [1.29, 1.82) is 0 Å². The highest BCUT2D eigenvalue weighted by molar-refractivity contribution is 5.81. The zero-order chi connectivity index (χ0) is 17.6. The minimum absolute atomic E-state index is 0.107. The Labute approximate surface area is 149 Å². The Bertz CT molecular complexity index is 642. The molecule has 1 aromatic rings. The third kappa shape index (κ3) is 4.21. The Morgan fingerprint density at radius 2 is 1.96 bits per heavy atom. The summed E-state index contributed by atoms with van der Waals surface area (Å²) in [7, 11) is 0. The molecule has 0 spiro atoms. The van der Waals surface area contributed by atoms with Crippen LogP contribution in [-0.4, -0.2) is 54.6 Å². The van der Waals surface area contributed by atoms with Crippen molar-refractivity contribution >= 4 is 17.6 Å². The van der Waals surface area contributed by atoms with Gasteiger partial charge in [0.1, 0.15) is 0 Å². The van der Waals surface area contributed by atoms with E-state index in [1.807, 2.05) is 23.1 Å². The second-order valence-electron chi connectivity index (χ2n) is 6.61. The number of ether oxygens (including phenoxy) is 1. The fraction of sp³-hybridized carbons (Fsp3) is 0.500. The molecule has 1 unspecified atom stereocenters. The molecule has 5 nitrogen and oxygen atoms in total. The molecule has 2 amide bonds. The number of carbonyl (C=O) groups excluding carboxylic acids is 2. The number of hydrogen-bond donors (Lipinski definition) is 0. The zero-order valence-electron chi connectivity index (χ0n) is 14.8. The van der Waals surface area contributed by atoms with Crippen molar-refractivity contribution in [2.45, 2.75) is 26.2 Å². The maximum atomic E-state index is 12.8. The van der Waals surface area contributed by atoms with E-state index in [9.17, 15) is 9.59 Å². The van der Waals surface area contributed by atoms with Gasteiger partial charge in [-0.2, -0.15) is 0 Å². The van der Waals surface area contributed by atoms with E-state index >= 15 is 0 Å². The molecule has 0 saturated carbocycles. The largest absolute Gasteiger partial charge is 0.450 e. The van der Waals surface area contributed by atoms with Crippen molar-refractivity contribution in [2.24, 2.45) is 5.92 Å². The lowest BCUT2D eigenvalue weighted by Gasteiger charge is -2.35. The Hall–Kier alpha value is -2.30. The van der Waals surface area contributed by atoms with E-state index in [1.54, 1.807) is 11.8 Å². The molecule has 0 N–H and O–H groups in total. The van der Waals surface area contributed by atoms with Gasteiger partial charge in [-0.1, -0.05) is 36.4 Å². The van der Waals surface area contributed by atoms with Crippen molar-refractivity contribution in [1.82, 2.24) is 9.80 Å². The summed E-state index contributed by atoms with van der Waals surface area (Å²) < 4.78 is 5.07. The predicted octanol–water partition coefficient (Wildman–Crippen LogP) is 3.17. The van der Waals surface area contributed by atoms with Crippen LogP contribution >= 0.6 is 0 Å². The molecule has 3 rings (SSSR count). The summed E-state index contributed by atoms with van der Waals surface area (Å²) in [4.78, 5) is 28.3. The van der Waals surface area contributed by atoms with Gasteiger partial charge in [-0.3, -0.25) is 4.79 Å². The molecular weight excluding hydrogens is 316 g/mol. The number of rotatable bonds is 3. The SMILES string of the molecule is CCOC(=O)N1CCCC(C(=O)N2CC=C(c3ccccc3)CC2)C1. The van der Waals surface area contributed by atoms with E-state index in [0.717, 1.165) is 25.8 Å². The molecular formula is C20H26N2O3. The Morgan fingerprint density at radius 3 is 2.64 bits per heavy atom. The summed E-state index contributed by atoms with van der Waals surface area (Å²) in [6.45, 7) is 4.72. The molecule has 0 bridgehead atoms. The van der Waals surface area contributed by atoms with Crippen molar-refractivity contribution in [3.8, 4) is 0 Å². The predicted molar refractivity (Wildman–Crippen MR) is 96.9 cm³/mol. The highest BCUT2D eigenvalue weighted by Gasteiger charge is 2.32. The minimum atomic E-state index is -0.301. The third-order valence-electron chi connectivity index (χ3n) is 4.96. The van der Waals surface area contributed by atoms with E-state index in [1.165, 1.54) is 11.1 Å². The Morgan fingerprint density at radius 1 is 1.16 bits per heavy atom. The monoisotopic (exact) mass is 342 g/mol. The molecule has 0 aromatic heterocycles. The summed E-state index contributed by atoms with van der Waals surface area (Å²) in [6, 6.07) is 10.3. The summed E-state index contributed by atoms with van der Waals surface area (Å²) in [5.41, 5.74) is 2.54. The van der Waals surface area contributed by atoms with Gasteiger partial charge in [-0.25, -0.2) is 4.79 Å². The van der Waals surface area contributed by atoms with Crippen LogP contribution in [0, 0.1) is 5.92 Å². The van der Waals surface area contributed by atoms with Gasteiger partial charge in [0, 0.05) is 26.2 Å². The van der Waals surface area contributed by atoms with Gasteiger partial charge < -0.3 is 14.5 Å². The fourth-order valence-electron chi connectivity index (χ4n) is 3.60. The standard InChI is InChI=1S/C20H26N2O3/c1-2-25-20(24)22-12-6-9-18(15-22)19(23)21-13-10-17(11-14-21)16-7-4-3-5-8-16/h3-5,7-8,10,18H,2,6,9,11-15H2,1H3. The molecule has 134 valence electrons. The molecule has 1 fully saturated rings. The molecule has 1 saturated heterocycles. The first-order valence-electron chi connectivity index (χ1n) is 9.14. The number of benzene rings is 1. The van der Waals surface area contributed by atoms with Crippen LogP contribution in [0.2, 0.25) is 0 Å². The fourth-order valence-corrected chi connectivity index (χ4v) is 3.60. The third-order valence-corrected chi connectivity index (χ3v) is 4.96. The van der Waals surface area contributed by atoms with Crippen LogP contribution in [-0.2, 0) is 9.53 Å². The van der Waals surface area contributed by atoms with Crippen LogP contribution < -0.4 is 0 Å². The van der Waals surface area contributed by atoms with Gasteiger partial charge in [-0.05, 0) is 37.3 Å². The first kappa shape index (κ1) is 17.5. The minimum Gasteiger partial charge on any atom is -0.450 e. The molecule has 2 heterocycles. The van der Waals surface area contributed by atoms with Gasteiger partial charge in [-0.15, -0.1) is 0 Å². The molecule has 0 radical (unpaired) electrons. The lowest BCUT2D eigenvalue weighted by molar-refractivity contribution is -0.136. The van der Waals surface area contributed by atoms with E-state index < -0.39 is 0 Å². The first-order chi connectivity index (χ1) is 12.2. The number of nitrogens with zero attached hydrogens (tertiary/aromatic N) is 2. The van der Waals surface area contributed by atoms with E-state index in [-0.39, 0.29) is 17.9 Å². The van der Waals surface area contributed by atoms with Crippen molar-refractivity contribution in [2.75, 3.05) is 32.8 Å².